The molecule has 0 fully saturated rings. The quantitative estimate of drug-likeness (QED) is 0.869. The minimum atomic E-state index is 0.127. The van der Waals surface area contributed by atoms with Gasteiger partial charge in [0.1, 0.15) is 11.3 Å². The van der Waals surface area contributed by atoms with E-state index < -0.39 is 0 Å². The maximum Gasteiger partial charge on any atom is 0.225 e. The van der Waals surface area contributed by atoms with E-state index in [2.05, 4.69) is 15.3 Å². The molecule has 2 rings (SSSR count). The van der Waals surface area contributed by atoms with Crippen molar-refractivity contribution in [3.05, 3.63) is 11.3 Å². The van der Waals surface area contributed by atoms with E-state index in [1.807, 2.05) is 0 Å². The fraction of sp³-hybridized carbons (Fsp3) is 0.333. The maximum atomic E-state index is 5.91. The van der Waals surface area contributed by atoms with Crippen LogP contribution in [0.25, 0.3) is 10.9 Å². The molecule has 0 amide bonds. The minimum absolute atomic E-state index is 0.127. The first kappa shape index (κ1) is 13.5. The average molecular weight is 284 g/mol. The van der Waals surface area contributed by atoms with Crippen LogP contribution >= 0.6 is 11.6 Å². The van der Waals surface area contributed by atoms with Crippen molar-refractivity contribution in [1.82, 2.24) is 9.97 Å². The Morgan fingerprint density at radius 2 is 1.74 bits per heavy atom. The molecule has 1 heterocycles. The number of rotatable bonds is 4. The molecule has 0 unspecified atom stereocenters. The van der Waals surface area contributed by atoms with E-state index >= 15 is 0 Å². The zero-order chi connectivity index (χ0) is 14.0. The van der Waals surface area contributed by atoms with Gasteiger partial charge in [-0.1, -0.05) is 0 Å². The molecule has 6 nitrogen and oxygen atoms in total. The van der Waals surface area contributed by atoms with E-state index in [-0.39, 0.29) is 5.28 Å². The first-order valence-electron chi connectivity index (χ1n) is 5.50. The Kier molecular flexibility index (Phi) is 3.80. The van der Waals surface area contributed by atoms with Gasteiger partial charge in [0, 0.05) is 7.05 Å². The van der Waals surface area contributed by atoms with Gasteiger partial charge in [-0.15, -0.1) is 0 Å². The van der Waals surface area contributed by atoms with Crippen LogP contribution in [0, 0.1) is 0 Å². The molecule has 7 heteroatoms. The fourth-order valence-electron chi connectivity index (χ4n) is 1.89. The van der Waals surface area contributed by atoms with Gasteiger partial charge in [0.2, 0.25) is 11.0 Å². The molecule has 102 valence electrons. The lowest BCUT2D eigenvalue weighted by atomic mass is 10.2. The summed E-state index contributed by atoms with van der Waals surface area (Å²) in [6, 6.07) is 1.78. The Bertz CT molecular complexity index is 619. The SMILES string of the molecule is CNc1nc(Cl)nc2c(OC)c(OC)c(OC)cc12. The van der Waals surface area contributed by atoms with E-state index in [1.165, 1.54) is 14.2 Å². The lowest BCUT2D eigenvalue weighted by molar-refractivity contribution is 0.327. The van der Waals surface area contributed by atoms with Gasteiger partial charge in [-0.25, -0.2) is 9.97 Å². The summed E-state index contributed by atoms with van der Waals surface area (Å²) in [5.74, 6) is 2.05. The number of anilines is 1. The summed E-state index contributed by atoms with van der Waals surface area (Å²) in [7, 11) is 6.38. The molecule has 0 aliphatic carbocycles. The van der Waals surface area contributed by atoms with E-state index in [0.717, 1.165) is 5.39 Å². The largest absolute Gasteiger partial charge is 0.493 e. The molecule has 0 aliphatic rings. The summed E-state index contributed by atoms with van der Waals surface area (Å²) in [5, 5.41) is 3.83. The van der Waals surface area contributed by atoms with Crippen LogP contribution in [0.4, 0.5) is 5.82 Å². The predicted octanol–water partition coefficient (Wildman–Crippen LogP) is 2.35. The molecule has 1 aromatic heterocycles. The second-order valence-electron chi connectivity index (χ2n) is 3.63. The summed E-state index contributed by atoms with van der Waals surface area (Å²) in [4.78, 5) is 8.31. The smallest absolute Gasteiger partial charge is 0.225 e. The molecule has 0 aliphatic heterocycles. The van der Waals surface area contributed by atoms with Crippen LogP contribution in [0.1, 0.15) is 0 Å². The number of hydrogen-bond acceptors (Lipinski definition) is 6. The van der Waals surface area contributed by atoms with Gasteiger partial charge < -0.3 is 19.5 Å². The van der Waals surface area contributed by atoms with Crippen LogP contribution in [0.3, 0.4) is 0 Å². The number of ether oxygens (including phenoxy) is 3. The number of nitrogens with zero attached hydrogens (tertiary/aromatic N) is 2. The number of halogens is 1. The number of aromatic nitrogens is 2. The van der Waals surface area contributed by atoms with Crippen LogP contribution in [-0.2, 0) is 0 Å². The average Bonchev–Trinajstić information content (AvgIpc) is 2.44. The summed E-state index contributed by atoms with van der Waals surface area (Å²) < 4.78 is 16.0. The van der Waals surface area contributed by atoms with Crippen molar-refractivity contribution in [2.24, 2.45) is 0 Å². The minimum Gasteiger partial charge on any atom is -0.493 e. The van der Waals surface area contributed by atoms with Crippen molar-refractivity contribution in [3.63, 3.8) is 0 Å². The summed E-state index contributed by atoms with van der Waals surface area (Å²) in [6.45, 7) is 0. The molecule has 0 bridgehead atoms. The van der Waals surface area contributed by atoms with E-state index in [1.54, 1.807) is 20.2 Å². The van der Waals surface area contributed by atoms with Gasteiger partial charge in [0.15, 0.2) is 11.5 Å². The monoisotopic (exact) mass is 283 g/mol. The lowest BCUT2D eigenvalue weighted by Crippen LogP contribution is -2.01. The van der Waals surface area contributed by atoms with Gasteiger partial charge in [0.05, 0.1) is 26.7 Å². The zero-order valence-electron chi connectivity index (χ0n) is 11.1. The summed E-state index contributed by atoms with van der Waals surface area (Å²) in [6.07, 6.45) is 0. The normalized spacial score (nSPS) is 10.4. The molecule has 0 radical (unpaired) electrons. The van der Waals surface area contributed by atoms with Crippen molar-refractivity contribution in [3.8, 4) is 17.2 Å². The molecule has 0 saturated carbocycles. The van der Waals surface area contributed by atoms with Crippen LogP contribution in [-0.4, -0.2) is 38.3 Å². The summed E-state index contributed by atoms with van der Waals surface area (Å²) in [5.41, 5.74) is 0.560. The van der Waals surface area contributed by atoms with Crippen LogP contribution < -0.4 is 19.5 Å². The maximum absolute atomic E-state index is 5.91. The van der Waals surface area contributed by atoms with Gasteiger partial charge in [-0.3, -0.25) is 0 Å². The molecule has 0 atom stereocenters. The first-order valence-corrected chi connectivity index (χ1v) is 5.88. The van der Waals surface area contributed by atoms with Gasteiger partial charge in [0.25, 0.3) is 0 Å². The molecular weight excluding hydrogens is 270 g/mol. The zero-order valence-corrected chi connectivity index (χ0v) is 11.8. The number of methoxy groups -OCH3 is 3. The Morgan fingerprint density at radius 3 is 2.26 bits per heavy atom. The summed E-state index contributed by atoms with van der Waals surface area (Å²) >= 11 is 5.91. The van der Waals surface area contributed by atoms with Crippen LogP contribution in [0.15, 0.2) is 6.07 Å². The van der Waals surface area contributed by atoms with Crippen LogP contribution in [0.2, 0.25) is 5.28 Å². The molecular formula is C12H14ClN3O3. The second-order valence-corrected chi connectivity index (χ2v) is 3.97. The van der Waals surface area contributed by atoms with Crippen molar-refractivity contribution >= 4 is 28.3 Å². The van der Waals surface area contributed by atoms with E-state index in [9.17, 15) is 0 Å². The Morgan fingerprint density at radius 1 is 1.05 bits per heavy atom. The molecule has 0 saturated heterocycles. The third kappa shape index (κ3) is 2.19. The third-order valence-corrected chi connectivity index (χ3v) is 2.87. The number of fused-ring (bicyclic) bond motifs is 1. The highest BCUT2D eigenvalue weighted by atomic mass is 35.5. The molecule has 1 aromatic carbocycles. The Balaban J connectivity index is 2.92. The Hall–Kier alpha value is -1.95. The first-order chi connectivity index (χ1) is 9.15. The standard InChI is InChI=1S/C12H14ClN3O3/c1-14-11-6-5-7(17-2)9(18-3)10(19-4)8(6)15-12(13)16-11/h5H,1-4H3,(H,14,15,16). The molecule has 0 spiro atoms. The van der Waals surface area contributed by atoms with E-state index in [4.69, 9.17) is 25.8 Å². The fourth-order valence-corrected chi connectivity index (χ4v) is 2.06. The van der Waals surface area contributed by atoms with Crippen molar-refractivity contribution in [1.29, 1.82) is 0 Å². The number of hydrogen-bond donors (Lipinski definition) is 1. The topological polar surface area (TPSA) is 65.5 Å². The van der Waals surface area contributed by atoms with Crippen molar-refractivity contribution < 1.29 is 14.2 Å². The van der Waals surface area contributed by atoms with Gasteiger partial charge >= 0.3 is 0 Å². The van der Waals surface area contributed by atoms with E-state index in [0.29, 0.717) is 28.6 Å². The third-order valence-electron chi connectivity index (χ3n) is 2.70. The highest BCUT2D eigenvalue weighted by molar-refractivity contribution is 6.29. The molecule has 2 aromatic rings. The van der Waals surface area contributed by atoms with Gasteiger partial charge in [-0.2, -0.15) is 0 Å². The highest BCUT2D eigenvalue weighted by Gasteiger charge is 2.19. The predicted molar refractivity (Wildman–Crippen MR) is 73.8 cm³/mol. The molecule has 1 N–H and O–H groups in total. The second kappa shape index (κ2) is 5.36. The van der Waals surface area contributed by atoms with Crippen LogP contribution in [0.5, 0.6) is 17.2 Å². The van der Waals surface area contributed by atoms with Gasteiger partial charge in [-0.05, 0) is 17.7 Å². The Labute approximate surface area is 115 Å². The highest BCUT2D eigenvalue weighted by Crippen LogP contribution is 2.44. The van der Waals surface area contributed by atoms with Crippen molar-refractivity contribution in [2.75, 3.05) is 33.7 Å². The van der Waals surface area contributed by atoms with Crippen molar-refractivity contribution in [2.45, 2.75) is 0 Å². The molecule has 19 heavy (non-hydrogen) atoms. The lowest BCUT2D eigenvalue weighted by Gasteiger charge is -2.15. The number of benzene rings is 1. The number of nitrogens with one attached hydrogen (secondary N) is 1.